The van der Waals surface area contributed by atoms with Crippen LogP contribution in [0.25, 0.3) is 5.32 Å². The summed E-state index contributed by atoms with van der Waals surface area (Å²) in [6.45, 7) is 8.08. The van der Waals surface area contributed by atoms with Crippen molar-refractivity contribution >= 4 is 23.4 Å². The molecule has 1 radical (unpaired) electrons. The Balaban J connectivity index is 0.00000392. The number of methoxy groups -OCH3 is 1. The number of nitrogens with one attached hydrogen (secondary N) is 1. The Morgan fingerprint density at radius 1 is 1.28 bits per heavy atom. The molecule has 0 bridgehead atoms. The average Bonchev–Trinajstić information content (AvgIpc) is 2.68. The summed E-state index contributed by atoms with van der Waals surface area (Å²) in [7, 11) is 1.27. The molecule has 0 unspecified atom stereocenters. The molecule has 165 valence electrons. The van der Waals surface area contributed by atoms with E-state index in [1.54, 1.807) is 12.3 Å². The van der Waals surface area contributed by atoms with Crippen LogP contribution in [-0.2, 0) is 52.3 Å². The van der Waals surface area contributed by atoms with Crippen molar-refractivity contribution in [3.05, 3.63) is 40.3 Å². The number of esters is 1. The van der Waals surface area contributed by atoms with Crippen molar-refractivity contribution in [3.63, 3.8) is 0 Å². The number of hydrogen-bond acceptors (Lipinski definition) is 6. The van der Waals surface area contributed by atoms with Crippen LogP contribution in [0.4, 0.5) is 17.5 Å². The molecule has 1 aromatic heterocycles. The maximum atomic E-state index is 11.9. The van der Waals surface area contributed by atoms with Crippen molar-refractivity contribution in [1.82, 2.24) is 9.97 Å². The van der Waals surface area contributed by atoms with Crippen molar-refractivity contribution in [2.45, 2.75) is 53.0 Å². The maximum Gasteiger partial charge on any atom is 0.341 e. The van der Waals surface area contributed by atoms with E-state index in [1.165, 1.54) is 13.2 Å². The molecule has 1 aromatic carbocycles. The zero-order chi connectivity index (χ0) is 20.0. The van der Waals surface area contributed by atoms with Gasteiger partial charge in [0.15, 0.2) is 0 Å². The molecule has 1 heterocycles. The van der Waals surface area contributed by atoms with Gasteiger partial charge in [-0.05, 0) is 61.3 Å². The molecular formula is C20H27IrN4O3Pt-. The summed E-state index contributed by atoms with van der Waals surface area (Å²) in [5.41, 5.74) is 2.12. The number of aromatic hydroxyl groups is 1. The summed E-state index contributed by atoms with van der Waals surface area (Å²) in [6.07, 6.45) is 4.26. The van der Waals surface area contributed by atoms with E-state index in [1.807, 2.05) is 13.8 Å². The second-order valence-electron chi connectivity index (χ2n) is 6.32. The van der Waals surface area contributed by atoms with Gasteiger partial charge >= 0.3 is 5.97 Å². The van der Waals surface area contributed by atoms with Gasteiger partial charge in [-0.15, -0.1) is 0 Å². The number of anilines is 1. The molecule has 7 nitrogen and oxygen atoms in total. The van der Waals surface area contributed by atoms with Gasteiger partial charge in [0.2, 0.25) is 0 Å². The SMILES string of the molecule is CCc1cc([N-]c2ncc(C)c(NC(CC)CC)n2)cc(C(=O)OC)c1O.[Ir].[Pt]. The number of rotatable bonds is 8. The predicted molar refractivity (Wildman–Crippen MR) is 106 cm³/mol. The van der Waals surface area contributed by atoms with Gasteiger partial charge in [0.1, 0.15) is 11.3 Å². The van der Waals surface area contributed by atoms with E-state index in [-0.39, 0.29) is 58.4 Å². The molecule has 29 heavy (non-hydrogen) atoms. The Labute approximate surface area is 200 Å². The number of aromatic nitrogens is 2. The molecule has 0 atom stereocenters. The third kappa shape index (κ3) is 7.05. The third-order valence-electron chi connectivity index (χ3n) is 4.47. The first-order valence-electron chi connectivity index (χ1n) is 9.19. The van der Waals surface area contributed by atoms with E-state index in [2.05, 4.69) is 34.4 Å². The summed E-state index contributed by atoms with van der Waals surface area (Å²) < 4.78 is 4.74. The molecule has 2 rings (SSSR count). The van der Waals surface area contributed by atoms with Crippen molar-refractivity contribution in [2.75, 3.05) is 12.4 Å². The molecule has 9 heteroatoms. The molecular weight excluding hydrogens is 732 g/mol. The summed E-state index contributed by atoms with van der Waals surface area (Å²) >= 11 is 0. The van der Waals surface area contributed by atoms with Gasteiger partial charge < -0.3 is 30.4 Å². The fourth-order valence-electron chi connectivity index (χ4n) is 2.71. The quantitative estimate of drug-likeness (QED) is 0.377. The predicted octanol–water partition coefficient (Wildman–Crippen LogP) is 4.77. The van der Waals surface area contributed by atoms with Crippen LogP contribution in [0, 0.1) is 6.92 Å². The average molecular weight is 759 g/mol. The van der Waals surface area contributed by atoms with Crippen LogP contribution < -0.4 is 5.32 Å². The molecule has 0 amide bonds. The van der Waals surface area contributed by atoms with Crippen molar-refractivity contribution in [2.24, 2.45) is 0 Å². The van der Waals surface area contributed by atoms with E-state index in [9.17, 15) is 9.90 Å². The Hall–Kier alpha value is -1.49. The number of ether oxygens (including phenoxy) is 1. The first-order valence-corrected chi connectivity index (χ1v) is 9.19. The zero-order valence-corrected chi connectivity index (χ0v) is 21.9. The number of nitrogens with zero attached hydrogens (tertiary/aromatic N) is 3. The molecule has 2 N–H and O–H groups in total. The number of phenolic OH excluding ortho intramolecular Hbond substituents is 1. The normalized spacial score (nSPS) is 10.0. The standard InChI is InChI=1S/C20H28N4O3.Ir.Pt/c1-6-13-9-15(10-16(17(13)25)19(26)27-5)23-20-21-11-12(4)18(24-20)22-14(7-2)8-3;;/h9-11,14H,6-8H2,1-5H3,(H3,21,22,23,24,25,26);;/p-1. The molecule has 2 aromatic rings. The number of carbonyl (C=O) groups is 1. The molecule has 0 saturated carbocycles. The second-order valence-corrected chi connectivity index (χ2v) is 6.32. The van der Waals surface area contributed by atoms with Gasteiger partial charge in [-0.2, -0.15) is 0 Å². The number of benzene rings is 1. The minimum Gasteiger partial charge on any atom is -0.507 e. The fourth-order valence-corrected chi connectivity index (χ4v) is 2.71. The van der Waals surface area contributed by atoms with E-state index >= 15 is 0 Å². The molecule has 0 fully saturated rings. The van der Waals surface area contributed by atoms with Crippen LogP contribution in [0.15, 0.2) is 18.3 Å². The van der Waals surface area contributed by atoms with E-state index in [0.717, 1.165) is 24.2 Å². The van der Waals surface area contributed by atoms with Gasteiger partial charge in [-0.3, -0.25) is 0 Å². The number of phenols is 1. The van der Waals surface area contributed by atoms with Crippen molar-refractivity contribution in [1.29, 1.82) is 0 Å². The van der Waals surface area contributed by atoms with Gasteiger partial charge in [-0.1, -0.05) is 20.8 Å². The van der Waals surface area contributed by atoms with E-state index in [0.29, 0.717) is 23.7 Å². The van der Waals surface area contributed by atoms with E-state index < -0.39 is 5.97 Å². The molecule has 0 spiro atoms. The summed E-state index contributed by atoms with van der Waals surface area (Å²) in [5, 5.41) is 18.1. The molecule has 0 aliphatic rings. The summed E-state index contributed by atoms with van der Waals surface area (Å²) in [4.78, 5) is 20.7. The number of carbonyl (C=O) groups excluding carboxylic acids is 1. The summed E-state index contributed by atoms with van der Waals surface area (Å²) in [5.74, 6) is 0.349. The van der Waals surface area contributed by atoms with E-state index in [4.69, 9.17) is 4.74 Å². The van der Waals surface area contributed by atoms with Crippen LogP contribution in [0.1, 0.15) is 55.1 Å². The fraction of sp³-hybridized carbons (Fsp3) is 0.450. The van der Waals surface area contributed by atoms with Gasteiger partial charge in [-0.25, -0.2) is 4.79 Å². The third-order valence-corrected chi connectivity index (χ3v) is 4.47. The molecule has 0 saturated heterocycles. The van der Waals surface area contributed by atoms with Crippen LogP contribution in [0.5, 0.6) is 5.75 Å². The first-order chi connectivity index (χ1) is 12.9. The largest absolute Gasteiger partial charge is 0.507 e. The van der Waals surface area contributed by atoms with Gasteiger partial charge in [0.05, 0.1) is 12.9 Å². The Bertz CT molecular complexity index is 817. The minimum atomic E-state index is -0.611. The Morgan fingerprint density at radius 2 is 1.93 bits per heavy atom. The van der Waals surface area contributed by atoms with Crippen molar-refractivity contribution < 1.29 is 55.8 Å². The van der Waals surface area contributed by atoms with Crippen LogP contribution in [0.3, 0.4) is 0 Å². The Morgan fingerprint density at radius 3 is 2.48 bits per heavy atom. The van der Waals surface area contributed by atoms with Gasteiger partial charge in [0, 0.05) is 53.2 Å². The second kappa shape index (κ2) is 12.9. The minimum absolute atomic E-state index is 0. The monoisotopic (exact) mass is 759 g/mol. The smallest absolute Gasteiger partial charge is 0.341 e. The van der Waals surface area contributed by atoms with Crippen LogP contribution in [-0.4, -0.2) is 34.2 Å². The Kier molecular flexibility index (Phi) is 12.3. The molecule has 0 aliphatic carbocycles. The number of aryl methyl sites for hydroxylation is 2. The summed E-state index contributed by atoms with van der Waals surface area (Å²) in [6, 6.07) is 3.54. The zero-order valence-electron chi connectivity index (χ0n) is 17.2. The van der Waals surface area contributed by atoms with Crippen LogP contribution in [0.2, 0.25) is 0 Å². The molecule has 0 aliphatic heterocycles. The first kappa shape index (κ1) is 27.5. The number of hydrogen-bond donors (Lipinski definition) is 2. The maximum absolute atomic E-state index is 11.9. The topological polar surface area (TPSA) is 98.4 Å². The van der Waals surface area contributed by atoms with Gasteiger partial charge in [0.25, 0.3) is 0 Å². The van der Waals surface area contributed by atoms with Crippen LogP contribution >= 0.6 is 0 Å². The van der Waals surface area contributed by atoms with Crippen molar-refractivity contribution in [3.8, 4) is 5.75 Å².